The minimum atomic E-state index is -0.748. The number of terminal acetylenes is 1. The van der Waals surface area contributed by atoms with Crippen molar-refractivity contribution in [2.45, 2.75) is 18.6 Å². The molecule has 184 valence electrons. The summed E-state index contributed by atoms with van der Waals surface area (Å²) in [6.07, 6.45) is 7.09. The number of benzene rings is 2. The number of hydrogen-bond acceptors (Lipinski definition) is 5. The van der Waals surface area contributed by atoms with E-state index in [4.69, 9.17) is 15.9 Å². The SMILES string of the molecule is C#Cc1ccc(NC(=O)N2CC(OC)CC2C(=O)Nc2ccc(-n3ccccc3=O)c(OC)c2)cc1. The van der Waals surface area contributed by atoms with Gasteiger partial charge in [0.25, 0.3) is 5.56 Å². The highest BCUT2D eigenvalue weighted by molar-refractivity contribution is 6.00. The number of ether oxygens (including phenoxy) is 2. The molecule has 1 aromatic heterocycles. The van der Waals surface area contributed by atoms with Gasteiger partial charge in [0.05, 0.1) is 18.9 Å². The Morgan fingerprint density at radius 2 is 1.78 bits per heavy atom. The Morgan fingerprint density at radius 1 is 1.03 bits per heavy atom. The fourth-order valence-corrected chi connectivity index (χ4v) is 4.09. The smallest absolute Gasteiger partial charge is 0.322 e. The van der Waals surface area contributed by atoms with Gasteiger partial charge in [0.1, 0.15) is 11.8 Å². The Morgan fingerprint density at radius 3 is 2.44 bits per heavy atom. The van der Waals surface area contributed by atoms with Crippen LogP contribution in [0.4, 0.5) is 16.2 Å². The maximum absolute atomic E-state index is 13.2. The lowest BCUT2D eigenvalue weighted by Crippen LogP contribution is -2.45. The number of aromatic nitrogens is 1. The van der Waals surface area contributed by atoms with Crippen molar-refractivity contribution in [3.63, 3.8) is 0 Å². The number of urea groups is 1. The summed E-state index contributed by atoms with van der Waals surface area (Å²) in [6.45, 7) is 0.266. The third kappa shape index (κ3) is 5.24. The van der Waals surface area contributed by atoms with Crippen LogP contribution in [0.15, 0.2) is 71.7 Å². The molecule has 9 heteroatoms. The molecule has 2 aromatic carbocycles. The average Bonchev–Trinajstić information content (AvgIpc) is 3.35. The zero-order valence-electron chi connectivity index (χ0n) is 19.9. The molecule has 1 aliphatic heterocycles. The van der Waals surface area contributed by atoms with Crippen LogP contribution in [0, 0.1) is 12.3 Å². The topological polar surface area (TPSA) is 102 Å². The second-order valence-corrected chi connectivity index (χ2v) is 8.20. The zero-order valence-corrected chi connectivity index (χ0v) is 19.9. The molecule has 3 amide bonds. The van der Waals surface area contributed by atoms with E-state index in [0.717, 1.165) is 0 Å². The van der Waals surface area contributed by atoms with E-state index in [2.05, 4.69) is 16.6 Å². The fraction of sp³-hybridized carbons (Fsp3) is 0.222. The molecule has 36 heavy (non-hydrogen) atoms. The van der Waals surface area contributed by atoms with E-state index in [0.29, 0.717) is 34.8 Å². The van der Waals surface area contributed by atoms with Crippen LogP contribution < -0.4 is 20.9 Å². The van der Waals surface area contributed by atoms with Gasteiger partial charge < -0.3 is 25.0 Å². The Labute approximate surface area is 208 Å². The first-order chi connectivity index (χ1) is 17.4. The molecule has 2 heterocycles. The van der Waals surface area contributed by atoms with E-state index >= 15 is 0 Å². The summed E-state index contributed by atoms with van der Waals surface area (Å²) >= 11 is 0. The van der Waals surface area contributed by atoms with Gasteiger partial charge in [-0.15, -0.1) is 6.42 Å². The number of methoxy groups -OCH3 is 2. The van der Waals surface area contributed by atoms with Gasteiger partial charge in [-0.1, -0.05) is 12.0 Å². The molecule has 2 atom stereocenters. The first-order valence-electron chi connectivity index (χ1n) is 11.3. The van der Waals surface area contributed by atoms with Crippen LogP contribution >= 0.6 is 0 Å². The van der Waals surface area contributed by atoms with Gasteiger partial charge in [0.15, 0.2) is 0 Å². The summed E-state index contributed by atoms with van der Waals surface area (Å²) in [6, 6.07) is 15.5. The molecule has 2 N–H and O–H groups in total. The molecule has 1 fully saturated rings. The standard InChI is InChI=1S/C27H26N4O5/c1-4-18-8-10-19(11-9-18)29-27(34)31-17-21(35-2)16-23(31)26(33)28-20-12-13-22(24(15-20)36-3)30-14-6-5-7-25(30)32/h1,5-15,21,23H,16-17H2,2-3H3,(H,28,33)(H,29,34). The van der Waals surface area contributed by atoms with Crippen molar-refractivity contribution < 1.29 is 19.1 Å². The summed E-state index contributed by atoms with van der Waals surface area (Å²) in [5, 5.41) is 5.66. The molecule has 1 aliphatic rings. The molecular formula is C27H26N4O5. The molecule has 0 radical (unpaired) electrons. The number of carbonyl (C=O) groups excluding carboxylic acids is 2. The van der Waals surface area contributed by atoms with Gasteiger partial charge in [-0.3, -0.25) is 14.2 Å². The number of hydrogen-bond donors (Lipinski definition) is 2. The first kappa shape index (κ1) is 24.6. The number of likely N-dealkylation sites (tertiary alicyclic amines) is 1. The van der Waals surface area contributed by atoms with Crippen LogP contribution in [-0.4, -0.2) is 54.3 Å². The predicted molar refractivity (Wildman–Crippen MR) is 137 cm³/mol. The van der Waals surface area contributed by atoms with E-state index in [-0.39, 0.29) is 24.1 Å². The van der Waals surface area contributed by atoms with Gasteiger partial charge in [-0.05, 0) is 42.5 Å². The zero-order chi connectivity index (χ0) is 25.7. The minimum Gasteiger partial charge on any atom is -0.494 e. The highest BCUT2D eigenvalue weighted by atomic mass is 16.5. The molecule has 3 aromatic rings. The number of nitrogens with zero attached hydrogens (tertiary/aromatic N) is 2. The number of nitrogens with one attached hydrogen (secondary N) is 2. The maximum atomic E-state index is 13.2. The Balaban J connectivity index is 1.51. The predicted octanol–water partition coefficient (Wildman–Crippen LogP) is 3.09. The van der Waals surface area contributed by atoms with Crippen LogP contribution in [0.2, 0.25) is 0 Å². The van der Waals surface area contributed by atoms with E-state index in [9.17, 15) is 14.4 Å². The van der Waals surface area contributed by atoms with Crippen molar-refractivity contribution in [2.75, 3.05) is 31.4 Å². The van der Waals surface area contributed by atoms with Crippen LogP contribution in [0.3, 0.4) is 0 Å². The molecule has 0 saturated carbocycles. The summed E-state index contributed by atoms with van der Waals surface area (Å²) in [5.74, 6) is 2.57. The molecular weight excluding hydrogens is 460 g/mol. The van der Waals surface area contributed by atoms with E-state index in [1.165, 1.54) is 22.6 Å². The number of anilines is 2. The van der Waals surface area contributed by atoms with Gasteiger partial charge in [-0.2, -0.15) is 0 Å². The Kier molecular flexibility index (Phi) is 7.37. The van der Waals surface area contributed by atoms with E-state index < -0.39 is 12.1 Å². The van der Waals surface area contributed by atoms with Crippen molar-refractivity contribution in [1.29, 1.82) is 0 Å². The molecule has 0 spiro atoms. The minimum absolute atomic E-state index is 0.209. The van der Waals surface area contributed by atoms with Crippen molar-refractivity contribution in [3.05, 3.63) is 82.8 Å². The largest absolute Gasteiger partial charge is 0.494 e. The van der Waals surface area contributed by atoms with Crippen LogP contribution in [0.25, 0.3) is 5.69 Å². The van der Waals surface area contributed by atoms with Crippen LogP contribution in [0.5, 0.6) is 5.75 Å². The van der Waals surface area contributed by atoms with Crippen molar-refractivity contribution >= 4 is 23.3 Å². The normalized spacial score (nSPS) is 16.8. The number of rotatable bonds is 6. The van der Waals surface area contributed by atoms with Gasteiger partial charge in [0, 0.05) is 55.3 Å². The number of carbonyl (C=O) groups is 2. The number of amides is 3. The second kappa shape index (κ2) is 10.8. The second-order valence-electron chi connectivity index (χ2n) is 8.20. The van der Waals surface area contributed by atoms with E-state index in [1.54, 1.807) is 67.9 Å². The van der Waals surface area contributed by atoms with Gasteiger partial charge in [0.2, 0.25) is 5.91 Å². The van der Waals surface area contributed by atoms with Crippen molar-refractivity contribution in [2.24, 2.45) is 0 Å². The first-order valence-corrected chi connectivity index (χ1v) is 11.3. The lowest BCUT2D eigenvalue weighted by atomic mass is 10.1. The van der Waals surface area contributed by atoms with Gasteiger partial charge in [-0.25, -0.2) is 4.79 Å². The monoisotopic (exact) mass is 486 g/mol. The van der Waals surface area contributed by atoms with Crippen molar-refractivity contribution in [3.8, 4) is 23.8 Å². The molecule has 9 nitrogen and oxygen atoms in total. The summed E-state index contributed by atoms with van der Waals surface area (Å²) in [5.41, 5.74) is 2.06. The summed E-state index contributed by atoms with van der Waals surface area (Å²) in [7, 11) is 3.04. The highest BCUT2D eigenvalue weighted by Crippen LogP contribution is 2.28. The molecule has 1 saturated heterocycles. The highest BCUT2D eigenvalue weighted by Gasteiger charge is 2.40. The molecule has 4 rings (SSSR count). The van der Waals surface area contributed by atoms with Gasteiger partial charge >= 0.3 is 6.03 Å². The Hall–Kier alpha value is -4.55. The fourth-order valence-electron chi connectivity index (χ4n) is 4.09. The number of pyridine rings is 1. The lowest BCUT2D eigenvalue weighted by molar-refractivity contribution is -0.119. The molecule has 0 bridgehead atoms. The maximum Gasteiger partial charge on any atom is 0.322 e. The Bertz CT molecular complexity index is 1360. The average molecular weight is 487 g/mol. The van der Waals surface area contributed by atoms with Crippen LogP contribution in [-0.2, 0) is 9.53 Å². The molecule has 2 unspecified atom stereocenters. The quantitative estimate of drug-likeness (QED) is 0.522. The summed E-state index contributed by atoms with van der Waals surface area (Å²) in [4.78, 5) is 39.9. The molecule has 0 aliphatic carbocycles. The summed E-state index contributed by atoms with van der Waals surface area (Å²) < 4.78 is 12.4. The van der Waals surface area contributed by atoms with Crippen molar-refractivity contribution in [1.82, 2.24) is 9.47 Å². The van der Waals surface area contributed by atoms with E-state index in [1.807, 2.05) is 0 Å². The third-order valence-corrected chi connectivity index (χ3v) is 5.99. The third-order valence-electron chi connectivity index (χ3n) is 5.99. The van der Waals surface area contributed by atoms with Crippen LogP contribution in [0.1, 0.15) is 12.0 Å². The lowest BCUT2D eigenvalue weighted by Gasteiger charge is -2.24.